The minimum absolute atomic E-state index is 0.00131. The van der Waals surface area contributed by atoms with E-state index in [4.69, 9.17) is 11.0 Å². The lowest BCUT2D eigenvalue weighted by atomic mass is 9.99. The Labute approximate surface area is 116 Å². The van der Waals surface area contributed by atoms with Crippen LogP contribution in [0, 0.1) is 27.4 Å². The number of hydrogen-bond acceptors (Lipinski definition) is 5. The zero-order valence-electron chi connectivity index (χ0n) is 11.3. The molecule has 0 aliphatic rings. The van der Waals surface area contributed by atoms with Crippen molar-refractivity contribution in [1.82, 2.24) is 0 Å². The van der Waals surface area contributed by atoms with Crippen molar-refractivity contribution < 1.29 is 9.72 Å². The summed E-state index contributed by atoms with van der Waals surface area (Å²) in [6.07, 6.45) is 0.750. The number of nitrogens with zero attached hydrogens (tertiary/aromatic N) is 2. The summed E-state index contributed by atoms with van der Waals surface area (Å²) in [5.74, 6) is -0.414. The molecule has 0 fully saturated rings. The molecule has 0 aliphatic heterocycles. The first-order valence-corrected chi connectivity index (χ1v) is 6.15. The van der Waals surface area contributed by atoms with Crippen LogP contribution in [-0.2, 0) is 4.79 Å². The summed E-state index contributed by atoms with van der Waals surface area (Å²) in [6.45, 7) is 3.77. The van der Waals surface area contributed by atoms with E-state index in [-0.39, 0.29) is 22.9 Å². The largest absolute Gasteiger partial charge is 0.324 e. The first kappa shape index (κ1) is 15.6. The quantitative estimate of drug-likeness (QED) is 0.627. The Morgan fingerprint density at radius 1 is 1.60 bits per heavy atom. The Morgan fingerprint density at radius 2 is 2.25 bits per heavy atom. The average Bonchev–Trinajstić information content (AvgIpc) is 2.45. The number of anilines is 1. The van der Waals surface area contributed by atoms with Crippen molar-refractivity contribution in [3.63, 3.8) is 0 Å². The van der Waals surface area contributed by atoms with Gasteiger partial charge in [-0.05, 0) is 12.0 Å². The molecule has 0 saturated carbocycles. The molecule has 7 heteroatoms. The van der Waals surface area contributed by atoms with E-state index in [9.17, 15) is 14.9 Å². The molecule has 1 amide bonds. The highest BCUT2D eigenvalue weighted by molar-refractivity contribution is 5.96. The number of amides is 1. The van der Waals surface area contributed by atoms with E-state index in [2.05, 4.69) is 5.32 Å². The number of nitrogens with one attached hydrogen (secondary N) is 1. The van der Waals surface area contributed by atoms with Crippen molar-refractivity contribution in [3.8, 4) is 6.07 Å². The number of hydrogen-bond donors (Lipinski definition) is 2. The topological polar surface area (TPSA) is 122 Å². The number of non-ortho nitro benzene ring substituents is 1. The number of carbonyl (C=O) groups is 1. The van der Waals surface area contributed by atoms with Gasteiger partial charge in [0.25, 0.3) is 5.69 Å². The summed E-state index contributed by atoms with van der Waals surface area (Å²) in [5.41, 5.74) is 5.84. The van der Waals surface area contributed by atoms with E-state index >= 15 is 0 Å². The smallest absolute Gasteiger partial charge is 0.270 e. The molecule has 0 spiro atoms. The first-order chi connectivity index (χ1) is 9.40. The third kappa shape index (κ3) is 3.52. The third-order valence-electron chi connectivity index (χ3n) is 3.15. The zero-order valence-corrected chi connectivity index (χ0v) is 11.3. The van der Waals surface area contributed by atoms with Gasteiger partial charge in [-0.2, -0.15) is 5.26 Å². The summed E-state index contributed by atoms with van der Waals surface area (Å²) in [6, 6.07) is 4.80. The minimum atomic E-state index is -0.693. The van der Waals surface area contributed by atoms with Crippen molar-refractivity contribution in [1.29, 1.82) is 5.26 Å². The molecule has 106 valence electrons. The van der Waals surface area contributed by atoms with Crippen molar-refractivity contribution in [3.05, 3.63) is 33.9 Å². The Bertz CT molecular complexity index is 565. The number of nitriles is 1. The Balaban J connectivity index is 2.96. The molecule has 2 atom stereocenters. The van der Waals surface area contributed by atoms with Crippen molar-refractivity contribution in [2.45, 2.75) is 26.3 Å². The molecule has 1 aromatic carbocycles. The number of benzene rings is 1. The molecule has 0 aromatic heterocycles. The van der Waals surface area contributed by atoms with Crippen LogP contribution in [0.25, 0.3) is 0 Å². The summed E-state index contributed by atoms with van der Waals surface area (Å²) in [5, 5.41) is 22.1. The monoisotopic (exact) mass is 276 g/mol. The van der Waals surface area contributed by atoms with Crippen LogP contribution in [0.15, 0.2) is 18.2 Å². The standard InChI is InChI=1S/C13H16N4O3/c1-3-8(2)12(15)13(18)16-11-5-4-10(17(19)20)6-9(11)7-14/h4-6,8,12H,3,15H2,1-2H3,(H,16,18)/t8-,12-/m0/s1. The van der Waals surface area contributed by atoms with Crippen LogP contribution in [0.1, 0.15) is 25.8 Å². The molecule has 0 unspecified atom stereocenters. The summed E-state index contributed by atoms with van der Waals surface area (Å²) >= 11 is 0. The fourth-order valence-electron chi connectivity index (χ4n) is 1.58. The SMILES string of the molecule is CC[C@H](C)[C@H](N)C(=O)Nc1ccc([N+](=O)[O-])cc1C#N. The van der Waals surface area contributed by atoms with E-state index in [0.29, 0.717) is 0 Å². The number of rotatable bonds is 5. The van der Waals surface area contributed by atoms with E-state index < -0.39 is 16.9 Å². The third-order valence-corrected chi connectivity index (χ3v) is 3.15. The van der Waals surface area contributed by atoms with Gasteiger partial charge < -0.3 is 11.1 Å². The van der Waals surface area contributed by atoms with Crippen LogP contribution < -0.4 is 11.1 Å². The first-order valence-electron chi connectivity index (χ1n) is 6.15. The number of nitro groups is 1. The summed E-state index contributed by atoms with van der Waals surface area (Å²) in [4.78, 5) is 21.9. The average molecular weight is 276 g/mol. The lowest BCUT2D eigenvalue weighted by Crippen LogP contribution is -2.40. The highest BCUT2D eigenvalue weighted by atomic mass is 16.6. The highest BCUT2D eigenvalue weighted by Crippen LogP contribution is 2.22. The van der Waals surface area contributed by atoms with Gasteiger partial charge in [0.2, 0.25) is 5.91 Å². The predicted octanol–water partition coefficient (Wildman–Crippen LogP) is 1.78. The van der Waals surface area contributed by atoms with Gasteiger partial charge in [0.1, 0.15) is 6.07 Å². The Morgan fingerprint density at radius 3 is 2.75 bits per heavy atom. The van der Waals surface area contributed by atoms with E-state index in [1.54, 1.807) is 0 Å². The molecule has 3 N–H and O–H groups in total. The zero-order chi connectivity index (χ0) is 15.3. The normalized spacial score (nSPS) is 13.1. The number of carbonyl (C=O) groups excluding carboxylic acids is 1. The lowest BCUT2D eigenvalue weighted by Gasteiger charge is -2.18. The molecular formula is C13H16N4O3. The van der Waals surface area contributed by atoms with Crippen molar-refractivity contribution in [2.24, 2.45) is 11.7 Å². The van der Waals surface area contributed by atoms with Gasteiger partial charge >= 0.3 is 0 Å². The van der Waals surface area contributed by atoms with Gasteiger partial charge in [-0.15, -0.1) is 0 Å². The molecule has 1 aromatic rings. The van der Waals surface area contributed by atoms with Gasteiger partial charge in [0.15, 0.2) is 0 Å². The molecule has 20 heavy (non-hydrogen) atoms. The van der Waals surface area contributed by atoms with Crippen LogP contribution in [-0.4, -0.2) is 16.9 Å². The van der Waals surface area contributed by atoms with Gasteiger partial charge in [-0.25, -0.2) is 0 Å². The van der Waals surface area contributed by atoms with Crippen LogP contribution in [0.3, 0.4) is 0 Å². The maximum atomic E-state index is 11.9. The van der Waals surface area contributed by atoms with Crippen LogP contribution >= 0.6 is 0 Å². The van der Waals surface area contributed by atoms with Gasteiger partial charge in [-0.3, -0.25) is 14.9 Å². The molecular weight excluding hydrogens is 260 g/mol. The second-order valence-electron chi connectivity index (χ2n) is 4.50. The predicted molar refractivity (Wildman–Crippen MR) is 73.9 cm³/mol. The van der Waals surface area contributed by atoms with Crippen molar-refractivity contribution >= 4 is 17.3 Å². The molecule has 0 saturated heterocycles. The van der Waals surface area contributed by atoms with Crippen LogP contribution in [0.4, 0.5) is 11.4 Å². The molecule has 0 radical (unpaired) electrons. The van der Waals surface area contributed by atoms with Gasteiger partial charge in [-0.1, -0.05) is 20.3 Å². The molecule has 0 bridgehead atoms. The van der Waals surface area contributed by atoms with Crippen LogP contribution in [0.2, 0.25) is 0 Å². The highest BCUT2D eigenvalue weighted by Gasteiger charge is 2.21. The maximum Gasteiger partial charge on any atom is 0.270 e. The second-order valence-corrected chi connectivity index (χ2v) is 4.50. The molecule has 1 rings (SSSR count). The lowest BCUT2D eigenvalue weighted by molar-refractivity contribution is -0.384. The van der Waals surface area contributed by atoms with Crippen molar-refractivity contribution in [2.75, 3.05) is 5.32 Å². The van der Waals surface area contributed by atoms with Gasteiger partial charge in [0.05, 0.1) is 22.2 Å². The van der Waals surface area contributed by atoms with Gasteiger partial charge in [0, 0.05) is 12.1 Å². The Kier molecular flexibility index (Phi) is 5.17. The second kappa shape index (κ2) is 6.63. The number of nitrogens with two attached hydrogens (primary N) is 1. The summed E-state index contributed by atoms with van der Waals surface area (Å²) in [7, 11) is 0. The Hall–Kier alpha value is -2.46. The fraction of sp³-hybridized carbons (Fsp3) is 0.385. The van der Waals surface area contributed by atoms with E-state index in [1.165, 1.54) is 12.1 Å². The fourth-order valence-corrected chi connectivity index (χ4v) is 1.58. The van der Waals surface area contributed by atoms with E-state index in [0.717, 1.165) is 12.5 Å². The molecule has 0 heterocycles. The molecule has 0 aliphatic carbocycles. The summed E-state index contributed by atoms with van der Waals surface area (Å²) < 4.78 is 0. The van der Waals surface area contributed by atoms with Crippen LogP contribution in [0.5, 0.6) is 0 Å². The van der Waals surface area contributed by atoms with E-state index in [1.807, 2.05) is 19.9 Å². The maximum absolute atomic E-state index is 11.9. The number of nitro benzene ring substituents is 1. The molecule has 7 nitrogen and oxygen atoms in total. The minimum Gasteiger partial charge on any atom is -0.324 e.